The topological polar surface area (TPSA) is 94.5 Å². The lowest BCUT2D eigenvalue weighted by molar-refractivity contribution is -0.141. The third kappa shape index (κ3) is 4.76. The van der Waals surface area contributed by atoms with Crippen molar-refractivity contribution >= 4 is 21.8 Å². The van der Waals surface area contributed by atoms with E-state index in [0.29, 0.717) is 17.2 Å². The van der Waals surface area contributed by atoms with Gasteiger partial charge in [-0.15, -0.1) is 0 Å². The van der Waals surface area contributed by atoms with Crippen LogP contribution in [0.2, 0.25) is 0 Å². The Hall–Kier alpha value is -2.45. The van der Waals surface area contributed by atoms with E-state index in [2.05, 4.69) is 9.29 Å². The number of hydrogen-bond acceptors (Lipinski definition) is 5. The molecule has 0 saturated heterocycles. The first-order chi connectivity index (χ1) is 13.6. The van der Waals surface area contributed by atoms with Gasteiger partial charge in [-0.1, -0.05) is 12.1 Å². The van der Waals surface area contributed by atoms with E-state index in [1.807, 2.05) is 26.0 Å². The maximum Gasteiger partial charge on any atom is 0.321 e. The molecule has 3 rings (SSSR count). The third-order valence-electron chi connectivity index (χ3n) is 5.10. The van der Waals surface area contributed by atoms with Gasteiger partial charge in [-0.2, -0.15) is 4.72 Å². The standard InChI is InChI=1S/C21H26N2O5S/c1-13-5-6-14(2)20(9-13)29(26,27)22-11-21(25)28-12-19(24)18-10-15(3)23(16(18)4)17-7-8-17/h5-6,9-10,17,22H,7-8,11-12H2,1-4H3. The van der Waals surface area contributed by atoms with Crippen molar-refractivity contribution in [2.45, 2.75) is 51.5 Å². The Bertz CT molecular complexity index is 1060. The molecule has 7 nitrogen and oxygen atoms in total. The zero-order valence-electron chi connectivity index (χ0n) is 17.1. The second-order valence-corrected chi connectivity index (χ2v) is 9.30. The third-order valence-corrected chi connectivity index (χ3v) is 6.64. The molecule has 8 heteroatoms. The van der Waals surface area contributed by atoms with Crippen LogP contribution in [0.1, 0.15) is 51.8 Å². The summed E-state index contributed by atoms with van der Waals surface area (Å²) in [5.41, 5.74) is 3.81. The quantitative estimate of drug-likeness (QED) is 0.525. The molecule has 0 bridgehead atoms. The van der Waals surface area contributed by atoms with Crippen LogP contribution in [0.25, 0.3) is 0 Å². The van der Waals surface area contributed by atoms with Gasteiger partial charge in [-0.3, -0.25) is 9.59 Å². The lowest BCUT2D eigenvalue weighted by Crippen LogP contribution is -2.32. The van der Waals surface area contributed by atoms with Crippen LogP contribution in [-0.4, -0.2) is 37.9 Å². The van der Waals surface area contributed by atoms with Gasteiger partial charge in [-0.05, 0) is 63.8 Å². The summed E-state index contributed by atoms with van der Waals surface area (Å²) in [6.45, 7) is 6.36. The first-order valence-electron chi connectivity index (χ1n) is 9.54. The molecular weight excluding hydrogens is 392 g/mol. The van der Waals surface area contributed by atoms with Crippen molar-refractivity contribution < 1.29 is 22.7 Å². The molecule has 1 aromatic carbocycles. The number of hydrogen-bond donors (Lipinski definition) is 1. The van der Waals surface area contributed by atoms with E-state index in [-0.39, 0.29) is 10.7 Å². The Morgan fingerprint density at radius 1 is 1.14 bits per heavy atom. The van der Waals surface area contributed by atoms with Crippen molar-refractivity contribution in [1.29, 1.82) is 0 Å². The maximum atomic E-state index is 12.5. The summed E-state index contributed by atoms with van der Waals surface area (Å²) < 4.78 is 34.3. The van der Waals surface area contributed by atoms with Crippen LogP contribution in [0.5, 0.6) is 0 Å². The number of nitrogens with zero attached hydrogens (tertiary/aromatic N) is 1. The van der Waals surface area contributed by atoms with Crippen molar-refractivity contribution in [3.05, 3.63) is 52.3 Å². The lowest BCUT2D eigenvalue weighted by Gasteiger charge is -2.10. The van der Waals surface area contributed by atoms with E-state index in [4.69, 9.17) is 4.74 Å². The minimum Gasteiger partial charge on any atom is -0.456 e. The van der Waals surface area contributed by atoms with Gasteiger partial charge in [0.05, 0.1) is 4.90 Å². The van der Waals surface area contributed by atoms with Crippen molar-refractivity contribution in [3.63, 3.8) is 0 Å². The number of nitrogens with one attached hydrogen (secondary N) is 1. The zero-order chi connectivity index (χ0) is 21.3. The summed E-state index contributed by atoms with van der Waals surface area (Å²) in [4.78, 5) is 24.6. The van der Waals surface area contributed by atoms with Gasteiger partial charge in [-0.25, -0.2) is 8.42 Å². The molecule has 0 amide bonds. The summed E-state index contributed by atoms with van der Waals surface area (Å²) >= 11 is 0. The SMILES string of the molecule is Cc1ccc(C)c(S(=O)(=O)NCC(=O)OCC(=O)c2cc(C)n(C3CC3)c2C)c1. The van der Waals surface area contributed by atoms with Crippen molar-refractivity contribution in [2.75, 3.05) is 13.2 Å². The number of sulfonamides is 1. The highest BCUT2D eigenvalue weighted by Gasteiger charge is 2.28. The molecule has 0 spiro atoms. The molecule has 1 heterocycles. The Kier molecular flexibility index (Phi) is 5.95. The number of ketones is 1. The van der Waals surface area contributed by atoms with Crippen LogP contribution in [0.15, 0.2) is 29.2 Å². The number of carbonyl (C=O) groups is 2. The Morgan fingerprint density at radius 3 is 2.48 bits per heavy atom. The fraction of sp³-hybridized carbons (Fsp3) is 0.429. The number of carbonyl (C=O) groups excluding carboxylic acids is 2. The van der Waals surface area contributed by atoms with Gasteiger partial charge in [0.25, 0.3) is 0 Å². The van der Waals surface area contributed by atoms with Crippen molar-refractivity contribution in [2.24, 2.45) is 0 Å². The molecule has 1 aromatic heterocycles. The number of Topliss-reactive ketones (excluding diaryl/α,β-unsaturated/α-hetero) is 1. The molecule has 0 radical (unpaired) electrons. The molecule has 1 aliphatic carbocycles. The number of benzene rings is 1. The molecule has 2 aromatic rings. The van der Waals surface area contributed by atoms with E-state index in [0.717, 1.165) is 29.8 Å². The van der Waals surface area contributed by atoms with E-state index in [1.165, 1.54) is 0 Å². The van der Waals surface area contributed by atoms with E-state index in [9.17, 15) is 18.0 Å². The number of aryl methyl sites for hydroxylation is 3. The van der Waals surface area contributed by atoms with Crippen molar-refractivity contribution in [1.82, 2.24) is 9.29 Å². The summed E-state index contributed by atoms with van der Waals surface area (Å²) in [6, 6.07) is 7.33. The molecule has 29 heavy (non-hydrogen) atoms. The van der Waals surface area contributed by atoms with Crippen LogP contribution in [0, 0.1) is 27.7 Å². The average Bonchev–Trinajstić information content (AvgIpc) is 3.44. The smallest absolute Gasteiger partial charge is 0.321 e. The molecule has 0 aliphatic heterocycles. The summed E-state index contributed by atoms with van der Waals surface area (Å²) in [5.74, 6) is -1.10. The highest BCUT2D eigenvalue weighted by Crippen LogP contribution is 2.38. The summed E-state index contributed by atoms with van der Waals surface area (Å²) in [5, 5.41) is 0. The van der Waals surface area contributed by atoms with E-state index >= 15 is 0 Å². The molecular formula is C21H26N2O5S. The highest BCUT2D eigenvalue weighted by molar-refractivity contribution is 7.89. The van der Waals surface area contributed by atoms with Crippen LogP contribution < -0.4 is 4.72 Å². The predicted molar refractivity (Wildman–Crippen MR) is 109 cm³/mol. The number of rotatable bonds is 8. The van der Waals surface area contributed by atoms with Gasteiger partial charge >= 0.3 is 5.97 Å². The highest BCUT2D eigenvalue weighted by atomic mass is 32.2. The van der Waals surface area contributed by atoms with Crippen LogP contribution in [0.4, 0.5) is 0 Å². The minimum absolute atomic E-state index is 0.119. The molecule has 156 valence electrons. The normalized spacial score (nSPS) is 14.1. The molecule has 1 saturated carbocycles. The first kappa shape index (κ1) is 21.3. The fourth-order valence-electron chi connectivity index (χ4n) is 3.46. The number of esters is 1. The van der Waals surface area contributed by atoms with E-state index < -0.39 is 29.1 Å². The molecule has 0 unspecified atom stereocenters. The van der Waals surface area contributed by atoms with Crippen molar-refractivity contribution in [3.8, 4) is 0 Å². The van der Waals surface area contributed by atoms with Gasteiger partial charge in [0.1, 0.15) is 6.54 Å². The van der Waals surface area contributed by atoms with E-state index in [1.54, 1.807) is 26.0 Å². The lowest BCUT2D eigenvalue weighted by atomic mass is 10.1. The Balaban J connectivity index is 1.57. The first-order valence-corrected chi connectivity index (χ1v) is 11.0. The minimum atomic E-state index is -3.85. The molecule has 1 N–H and O–H groups in total. The van der Waals surface area contributed by atoms with Gasteiger partial charge < -0.3 is 9.30 Å². The van der Waals surface area contributed by atoms with Crippen LogP contribution >= 0.6 is 0 Å². The zero-order valence-corrected chi connectivity index (χ0v) is 17.9. The second kappa shape index (κ2) is 8.12. The molecule has 0 atom stereocenters. The summed E-state index contributed by atoms with van der Waals surface area (Å²) in [7, 11) is -3.85. The molecule has 1 aliphatic rings. The second-order valence-electron chi connectivity index (χ2n) is 7.56. The number of aromatic nitrogens is 1. The monoisotopic (exact) mass is 418 g/mol. The van der Waals surface area contributed by atoms with Gasteiger partial charge in [0, 0.05) is 23.0 Å². The fourth-order valence-corrected chi connectivity index (χ4v) is 4.75. The maximum absolute atomic E-state index is 12.5. The Labute approximate surface area is 171 Å². The molecule has 1 fully saturated rings. The average molecular weight is 419 g/mol. The Morgan fingerprint density at radius 2 is 1.83 bits per heavy atom. The number of ether oxygens (including phenoxy) is 1. The van der Waals surface area contributed by atoms with Crippen LogP contribution in [-0.2, 0) is 19.6 Å². The largest absolute Gasteiger partial charge is 0.456 e. The van der Waals surface area contributed by atoms with Crippen LogP contribution in [0.3, 0.4) is 0 Å². The van der Waals surface area contributed by atoms with Gasteiger partial charge in [0.2, 0.25) is 15.8 Å². The van der Waals surface area contributed by atoms with Gasteiger partial charge in [0.15, 0.2) is 6.61 Å². The predicted octanol–water partition coefficient (Wildman–Crippen LogP) is 2.76. The summed E-state index contributed by atoms with van der Waals surface area (Å²) in [6.07, 6.45) is 2.22.